The summed E-state index contributed by atoms with van der Waals surface area (Å²) in [5.74, 6) is 0.210. The number of ketones is 1. The van der Waals surface area contributed by atoms with Gasteiger partial charge in [-0.15, -0.1) is 0 Å². The van der Waals surface area contributed by atoms with E-state index in [1.807, 2.05) is 44.2 Å². The maximum absolute atomic E-state index is 12.0. The molecule has 1 rings (SSSR count). The van der Waals surface area contributed by atoms with E-state index in [1.54, 1.807) is 7.11 Å². The number of rotatable bonds is 5. The van der Waals surface area contributed by atoms with Gasteiger partial charge in [0, 0.05) is 13.0 Å². The number of carbonyl (C=O) groups excluding carboxylic acids is 1. The molecule has 0 spiro atoms. The standard InChI is InChI=1S/C13H18O2/c1-4-10(2)12(14)13(15-3)11-8-6-5-7-9-11/h5-10,13H,4H2,1-3H3. The first-order chi connectivity index (χ1) is 7.20. The minimum atomic E-state index is -0.416. The van der Waals surface area contributed by atoms with Crippen LogP contribution in [0.5, 0.6) is 0 Å². The number of hydrogen-bond donors (Lipinski definition) is 0. The first kappa shape index (κ1) is 11.9. The van der Waals surface area contributed by atoms with Gasteiger partial charge in [-0.05, 0) is 12.0 Å². The number of carbonyl (C=O) groups is 1. The molecule has 15 heavy (non-hydrogen) atoms. The molecule has 0 heterocycles. The highest BCUT2D eigenvalue weighted by Gasteiger charge is 2.23. The number of benzene rings is 1. The molecule has 82 valence electrons. The molecule has 2 atom stereocenters. The van der Waals surface area contributed by atoms with Gasteiger partial charge in [-0.25, -0.2) is 0 Å². The molecule has 0 aliphatic heterocycles. The topological polar surface area (TPSA) is 26.3 Å². The molecule has 0 saturated heterocycles. The van der Waals surface area contributed by atoms with Crippen molar-refractivity contribution in [1.29, 1.82) is 0 Å². The van der Waals surface area contributed by atoms with Crippen molar-refractivity contribution >= 4 is 5.78 Å². The van der Waals surface area contributed by atoms with Gasteiger partial charge in [-0.2, -0.15) is 0 Å². The molecular formula is C13H18O2. The third-order valence-electron chi connectivity index (χ3n) is 2.69. The van der Waals surface area contributed by atoms with E-state index in [9.17, 15) is 4.79 Å². The zero-order valence-electron chi connectivity index (χ0n) is 9.57. The quantitative estimate of drug-likeness (QED) is 0.740. The lowest BCUT2D eigenvalue weighted by atomic mass is 9.95. The summed E-state index contributed by atoms with van der Waals surface area (Å²) in [5, 5.41) is 0. The summed E-state index contributed by atoms with van der Waals surface area (Å²) in [6, 6.07) is 9.63. The van der Waals surface area contributed by atoms with Crippen molar-refractivity contribution in [2.45, 2.75) is 26.4 Å². The molecule has 2 unspecified atom stereocenters. The Bertz CT molecular complexity index is 306. The van der Waals surface area contributed by atoms with Gasteiger partial charge < -0.3 is 4.74 Å². The highest BCUT2D eigenvalue weighted by molar-refractivity contribution is 5.86. The molecule has 1 aromatic carbocycles. The second-order valence-electron chi connectivity index (χ2n) is 3.74. The highest BCUT2D eigenvalue weighted by Crippen LogP contribution is 2.22. The van der Waals surface area contributed by atoms with Gasteiger partial charge in [-0.1, -0.05) is 44.2 Å². The second kappa shape index (κ2) is 5.66. The van der Waals surface area contributed by atoms with Gasteiger partial charge in [0.1, 0.15) is 6.10 Å². The first-order valence-electron chi connectivity index (χ1n) is 5.32. The summed E-state index contributed by atoms with van der Waals surface area (Å²) in [6.07, 6.45) is 0.437. The van der Waals surface area contributed by atoms with Crippen LogP contribution in [0.3, 0.4) is 0 Å². The Hall–Kier alpha value is -1.15. The maximum atomic E-state index is 12.0. The third-order valence-corrected chi connectivity index (χ3v) is 2.69. The highest BCUT2D eigenvalue weighted by atomic mass is 16.5. The van der Waals surface area contributed by atoms with Crippen molar-refractivity contribution in [1.82, 2.24) is 0 Å². The molecule has 1 aromatic rings. The number of ether oxygens (including phenoxy) is 1. The fraction of sp³-hybridized carbons (Fsp3) is 0.462. The average Bonchev–Trinajstić information content (AvgIpc) is 2.30. The molecule has 0 aliphatic carbocycles. The van der Waals surface area contributed by atoms with Crippen molar-refractivity contribution in [2.75, 3.05) is 7.11 Å². The Balaban J connectivity index is 2.85. The largest absolute Gasteiger partial charge is 0.369 e. The molecule has 2 nitrogen and oxygen atoms in total. The first-order valence-corrected chi connectivity index (χ1v) is 5.32. The number of methoxy groups -OCH3 is 1. The Morgan fingerprint density at radius 2 is 1.93 bits per heavy atom. The lowest BCUT2D eigenvalue weighted by Gasteiger charge is -2.17. The molecule has 0 radical (unpaired) electrons. The summed E-state index contributed by atoms with van der Waals surface area (Å²) in [6.45, 7) is 3.96. The van der Waals surface area contributed by atoms with Crippen LogP contribution in [0.15, 0.2) is 30.3 Å². The van der Waals surface area contributed by atoms with E-state index in [0.717, 1.165) is 12.0 Å². The van der Waals surface area contributed by atoms with Crippen LogP contribution in [0.4, 0.5) is 0 Å². The van der Waals surface area contributed by atoms with Gasteiger partial charge >= 0.3 is 0 Å². The molecule has 0 amide bonds. The van der Waals surface area contributed by atoms with E-state index in [2.05, 4.69) is 0 Å². The van der Waals surface area contributed by atoms with Gasteiger partial charge in [0.25, 0.3) is 0 Å². The predicted molar refractivity (Wildman–Crippen MR) is 60.7 cm³/mol. The molecule has 0 fully saturated rings. The summed E-state index contributed by atoms with van der Waals surface area (Å²) in [4.78, 5) is 12.0. The normalized spacial score (nSPS) is 14.6. The van der Waals surface area contributed by atoms with Crippen LogP contribution >= 0.6 is 0 Å². The number of Topliss-reactive ketones (excluding diaryl/α,β-unsaturated/α-hetero) is 1. The third kappa shape index (κ3) is 2.90. The van der Waals surface area contributed by atoms with Crippen LogP contribution in [-0.4, -0.2) is 12.9 Å². The zero-order valence-corrected chi connectivity index (χ0v) is 9.57. The van der Waals surface area contributed by atoms with Crippen LogP contribution in [0, 0.1) is 5.92 Å². The summed E-state index contributed by atoms with van der Waals surface area (Å²) >= 11 is 0. The minimum Gasteiger partial charge on any atom is -0.369 e. The predicted octanol–water partition coefficient (Wildman–Crippen LogP) is 2.99. The van der Waals surface area contributed by atoms with Gasteiger partial charge in [-0.3, -0.25) is 4.79 Å². The fourth-order valence-electron chi connectivity index (χ4n) is 1.50. The molecule has 0 aromatic heterocycles. The molecule has 0 bridgehead atoms. The van der Waals surface area contributed by atoms with Crippen LogP contribution in [0.25, 0.3) is 0 Å². The molecule has 0 saturated carbocycles. The van der Waals surface area contributed by atoms with E-state index < -0.39 is 6.10 Å². The Morgan fingerprint density at radius 3 is 2.40 bits per heavy atom. The van der Waals surface area contributed by atoms with E-state index in [0.29, 0.717) is 0 Å². The SMILES string of the molecule is CCC(C)C(=O)C(OC)c1ccccc1. The van der Waals surface area contributed by atoms with E-state index in [1.165, 1.54) is 0 Å². The van der Waals surface area contributed by atoms with Crippen molar-refractivity contribution < 1.29 is 9.53 Å². The molecule has 0 aliphatic rings. The summed E-state index contributed by atoms with van der Waals surface area (Å²) in [5.41, 5.74) is 0.935. The molecular weight excluding hydrogens is 188 g/mol. The van der Waals surface area contributed by atoms with Crippen LogP contribution < -0.4 is 0 Å². The van der Waals surface area contributed by atoms with E-state index >= 15 is 0 Å². The van der Waals surface area contributed by atoms with E-state index in [-0.39, 0.29) is 11.7 Å². The van der Waals surface area contributed by atoms with Gasteiger partial charge in [0.05, 0.1) is 0 Å². The monoisotopic (exact) mass is 206 g/mol. The number of hydrogen-bond acceptors (Lipinski definition) is 2. The molecule has 0 N–H and O–H groups in total. The van der Waals surface area contributed by atoms with Crippen molar-refractivity contribution in [3.63, 3.8) is 0 Å². The average molecular weight is 206 g/mol. The molecule has 2 heteroatoms. The van der Waals surface area contributed by atoms with E-state index in [4.69, 9.17) is 4.74 Å². The Morgan fingerprint density at radius 1 is 1.33 bits per heavy atom. The van der Waals surface area contributed by atoms with Crippen molar-refractivity contribution in [3.05, 3.63) is 35.9 Å². The summed E-state index contributed by atoms with van der Waals surface area (Å²) in [7, 11) is 1.58. The van der Waals surface area contributed by atoms with Gasteiger partial charge in [0.2, 0.25) is 0 Å². The van der Waals surface area contributed by atoms with Crippen molar-refractivity contribution in [3.8, 4) is 0 Å². The fourth-order valence-corrected chi connectivity index (χ4v) is 1.50. The Kier molecular flexibility index (Phi) is 4.50. The summed E-state index contributed by atoms with van der Waals surface area (Å²) < 4.78 is 5.27. The second-order valence-corrected chi connectivity index (χ2v) is 3.74. The lowest BCUT2D eigenvalue weighted by molar-refractivity contribution is -0.132. The minimum absolute atomic E-state index is 0.0511. The van der Waals surface area contributed by atoms with Gasteiger partial charge in [0.15, 0.2) is 5.78 Å². The van der Waals surface area contributed by atoms with Crippen LogP contribution in [0.2, 0.25) is 0 Å². The van der Waals surface area contributed by atoms with Crippen LogP contribution in [-0.2, 0) is 9.53 Å². The zero-order chi connectivity index (χ0) is 11.3. The maximum Gasteiger partial charge on any atom is 0.168 e. The smallest absolute Gasteiger partial charge is 0.168 e. The van der Waals surface area contributed by atoms with Crippen molar-refractivity contribution in [2.24, 2.45) is 5.92 Å². The lowest BCUT2D eigenvalue weighted by Crippen LogP contribution is -2.21. The van der Waals surface area contributed by atoms with Crippen LogP contribution in [0.1, 0.15) is 31.9 Å². The Labute approximate surface area is 91.3 Å².